The van der Waals surface area contributed by atoms with E-state index in [1.165, 1.54) is 0 Å². The number of ether oxygens (including phenoxy) is 3. The lowest BCUT2D eigenvalue weighted by atomic mass is 9.73. The van der Waals surface area contributed by atoms with Crippen molar-refractivity contribution in [1.29, 1.82) is 0 Å². The Bertz CT molecular complexity index is 211. The van der Waals surface area contributed by atoms with Crippen molar-refractivity contribution in [2.75, 3.05) is 19.8 Å². The number of rotatable bonds is 5. The second kappa shape index (κ2) is 2.92. The number of epoxide rings is 3. The van der Waals surface area contributed by atoms with E-state index in [1.807, 2.05) is 6.92 Å². The summed E-state index contributed by atoms with van der Waals surface area (Å²) in [6.07, 6.45) is 1.17. The highest BCUT2D eigenvalue weighted by Crippen LogP contribution is 2.50. The van der Waals surface area contributed by atoms with E-state index in [2.05, 4.69) is 0 Å². The van der Waals surface area contributed by atoms with E-state index in [9.17, 15) is 5.11 Å². The van der Waals surface area contributed by atoms with Crippen molar-refractivity contribution in [2.24, 2.45) is 5.41 Å². The van der Waals surface area contributed by atoms with Crippen LogP contribution in [0.4, 0.5) is 0 Å². The summed E-state index contributed by atoms with van der Waals surface area (Å²) in [7, 11) is 0. The minimum absolute atomic E-state index is 0.180. The van der Waals surface area contributed by atoms with Gasteiger partial charge in [-0.05, 0) is 13.3 Å². The Hall–Kier alpha value is -0.160. The third-order valence-corrected chi connectivity index (χ3v) is 3.63. The molecule has 3 aliphatic heterocycles. The molecule has 80 valence electrons. The Balaban J connectivity index is 1.80. The highest BCUT2D eigenvalue weighted by Gasteiger charge is 2.61. The quantitative estimate of drug-likeness (QED) is 0.632. The van der Waals surface area contributed by atoms with Crippen LogP contribution >= 0.6 is 0 Å². The SMILES string of the molecule is CC(O)C(CC1CO1)(C1CO1)C1CO1. The molecule has 3 aliphatic rings. The lowest BCUT2D eigenvalue weighted by molar-refractivity contribution is -0.0173. The lowest BCUT2D eigenvalue weighted by Gasteiger charge is -2.33. The molecule has 4 unspecified atom stereocenters. The molecule has 0 radical (unpaired) electrons. The Kier molecular flexibility index (Phi) is 1.89. The highest BCUT2D eigenvalue weighted by atomic mass is 16.6. The Morgan fingerprint density at radius 1 is 1.21 bits per heavy atom. The Morgan fingerprint density at radius 3 is 2.00 bits per heavy atom. The highest BCUT2D eigenvalue weighted by molar-refractivity contribution is 5.08. The number of hydrogen-bond acceptors (Lipinski definition) is 4. The fourth-order valence-electron chi connectivity index (χ4n) is 2.48. The molecule has 0 aromatic heterocycles. The van der Waals surface area contributed by atoms with Gasteiger partial charge in [-0.3, -0.25) is 0 Å². The number of aliphatic hydroxyl groups excluding tert-OH is 1. The van der Waals surface area contributed by atoms with Crippen molar-refractivity contribution in [1.82, 2.24) is 0 Å². The van der Waals surface area contributed by atoms with Crippen LogP contribution in [0.15, 0.2) is 0 Å². The first-order valence-electron chi connectivity index (χ1n) is 5.26. The fraction of sp³-hybridized carbons (Fsp3) is 1.00. The first-order chi connectivity index (χ1) is 6.73. The van der Waals surface area contributed by atoms with Crippen molar-refractivity contribution in [3.8, 4) is 0 Å². The minimum Gasteiger partial charge on any atom is -0.393 e. The van der Waals surface area contributed by atoms with Gasteiger partial charge in [0.2, 0.25) is 0 Å². The maximum absolute atomic E-state index is 9.94. The predicted octanol–water partition coefficient (Wildman–Crippen LogP) is -0.0599. The van der Waals surface area contributed by atoms with Crippen LogP contribution in [0.25, 0.3) is 0 Å². The summed E-state index contributed by atoms with van der Waals surface area (Å²) in [5.74, 6) is 0. The Labute approximate surface area is 83.1 Å². The molecular formula is C10H16O4. The van der Waals surface area contributed by atoms with E-state index < -0.39 is 0 Å². The fourth-order valence-corrected chi connectivity index (χ4v) is 2.48. The van der Waals surface area contributed by atoms with Crippen molar-refractivity contribution in [3.05, 3.63) is 0 Å². The zero-order valence-electron chi connectivity index (χ0n) is 8.31. The summed E-state index contributed by atoms with van der Waals surface area (Å²) in [4.78, 5) is 0. The van der Waals surface area contributed by atoms with Gasteiger partial charge in [-0.2, -0.15) is 0 Å². The third-order valence-electron chi connectivity index (χ3n) is 3.63. The molecule has 4 heteroatoms. The van der Waals surface area contributed by atoms with Crippen LogP contribution in [0, 0.1) is 5.41 Å². The van der Waals surface area contributed by atoms with Gasteiger partial charge in [0.05, 0.1) is 49.7 Å². The average molecular weight is 200 g/mol. The van der Waals surface area contributed by atoms with E-state index in [4.69, 9.17) is 14.2 Å². The summed E-state index contributed by atoms with van der Waals surface area (Å²) in [5.41, 5.74) is -0.207. The molecule has 3 heterocycles. The van der Waals surface area contributed by atoms with Crippen LogP contribution < -0.4 is 0 Å². The first-order valence-corrected chi connectivity index (χ1v) is 5.26. The van der Waals surface area contributed by atoms with Crippen LogP contribution in [-0.4, -0.2) is 49.3 Å². The molecule has 0 aromatic carbocycles. The van der Waals surface area contributed by atoms with Gasteiger partial charge in [0.15, 0.2) is 0 Å². The number of aliphatic hydroxyl groups is 1. The molecule has 1 N–H and O–H groups in total. The standard InChI is InChI=1S/C10H16O4/c1-6(11)10(8-4-13-8,9-5-14-9)2-7-3-12-7/h6-9,11H,2-5H2,1H3. The maximum atomic E-state index is 9.94. The summed E-state index contributed by atoms with van der Waals surface area (Å²) in [6, 6.07) is 0. The predicted molar refractivity (Wildman–Crippen MR) is 48.0 cm³/mol. The Morgan fingerprint density at radius 2 is 1.71 bits per heavy atom. The monoisotopic (exact) mass is 200 g/mol. The van der Waals surface area contributed by atoms with E-state index in [1.54, 1.807) is 0 Å². The molecule has 3 fully saturated rings. The normalized spacial score (nSPS) is 45.4. The molecule has 4 atom stereocenters. The van der Waals surface area contributed by atoms with Crippen molar-refractivity contribution in [2.45, 2.75) is 37.8 Å². The van der Waals surface area contributed by atoms with Gasteiger partial charge in [-0.1, -0.05) is 0 Å². The third kappa shape index (κ3) is 1.37. The molecule has 3 saturated heterocycles. The molecule has 0 aromatic rings. The van der Waals surface area contributed by atoms with Crippen molar-refractivity contribution < 1.29 is 19.3 Å². The largest absolute Gasteiger partial charge is 0.393 e. The van der Waals surface area contributed by atoms with Crippen LogP contribution in [0.2, 0.25) is 0 Å². The molecule has 0 spiro atoms. The van der Waals surface area contributed by atoms with Gasteiger partial charge in [0.1, 0.15) is 0 Å². The second-order valence-corrected chi connectivity index (χ2v) is 4.59. The van der Waals surface area contributed by atoms with Crippen molar-refractivity contribution >= 4 is 0 Å². The smallest absolute Gasteiger partial charge is 0.0917 e. The van der Waals surface area contributed by atoms with Crippen LogP contribution in [0.1, 0.15) is 13.3 Å². The molecular weight excluding hydrogens is 184 g/mol. The van der Waals surface area contributed by atoms with E-state index in [0.717, 1.165) is 26.2 Å². The van der Waals surface area contributed by atoms with Gasteiger partial charge < -0.3 is 19.3 Å². The first kappa shape index (κ1) is 9.09. The van der Waals surface area contributed by atoms with E-state index in [0.29, 0.717) is 6.10 Å². The minimum atomic E-state index is -0.383. The van der Waals surface area contributed by atoms with Crippen LogP contribution in [0.3, 0.4) is 0 Å². The van der Waals surface area contributed by atoms with Gasteiger partial charge in [0, 0.05) is 0 Å². The molecule has 4 nitrogen and oxygen atoms in total. The molecule has 0 aliphatic carbocycles. The molecule has 14 heavy (non-hydrogen) atoms. The second-order valence-electron chi connectivity index (χ2n) is 4.59. The van der Waals surface area contributed by atoms with Crippen LogP contribution in [0.5, 0.6) is 0 Å². The molecule has 0 saturated carbocycles. The lowest BCUT2D eigenvalue weighted by Crippen LogP contribution is -2.44. The summed E-state index contributed by atoms with van der Waals surface area (Å²) in [6.45, 7) is 4.19. The van der Waals surface area contributed by atoms with Crippen LogP contribution in [-0.2, 0) is 14.2 Å². The van der Waals surface area contributed by atoms with Gasteiger partial charge in [-0.15, -0.1) is 0 Å². The van der Waals surface area contributed by atoms with E-state index >= 15 is 0 Å². The molecule has 0 amide bonds. The topological polar surface area (TPSA) is 57.8 Å². The van der Waals surface area contributed by atoms with Gasteiger partial charge in [-0.25, -0.2) is 0 Å². The average Bonchev–Trinajstić information content (AvgIpc) is 2.99. The maximum Gasteiger partial charge on any atom is 0.0917 e. The molecule has 0 bridgehead atoms. The summed E-state index contributed by atoms with van der Waals surface area (Å²) < 4.78 is 16.0. The van der Waals surface area contributed by atoms with Gasteiger partial charge >= 0.3 is 0 Å². The van der Waals surface area contributed by atoms with E-state index in [-0.39, 0.29) is 23.7 Å². The number of hydrogen-bond donors (Lipinski definition) is 1. The summed E-state index contributed by atoms with van der Waals surface area (Å²) >= 11 is 0. The van der Waals surface area contributed by atoms with Gasteiger partial charge in [0.25, 0.3) is 0 Å². The van der Waals surface area contributed by atoms with Crippen molar-refractivity contribution in [3.63, 3.8) is 0 Å². The zero-order valence-corrected chi connectivity index (χ0v) is 8.31. The zero-order chi connectivity index (χ0) is 9.76. The summed E-state index contributed by atoms with van der Waals surface area (Å²) in [5, 5.41) is 9.94. The molecule has 3 rings (SSSR count).